The zero-order chi connectivity index (χ0) is 30.8. The standard InChI is InChI=1S/C28H28F3N5O3S2.C2H6/c1-38-26-17-21(40-35-27-9-13-39-34-27)7-8-24(26)32-12-3-4-20-16-22-23(33-19-10-14-41(37)15-11-19)5-2-6-25(22)36(20)18-28(29,30)31;1-2/h2,5-9,13,16-17,19,32-33H,10-12,14-15,18H2,1H3,(H,34,35);1-2H3. The van der Waals surface area contributed by atoms with Crippen molar-refractivity contribution < 1.29 is 26.6 Å². The fourth-order valence-corrected chi connectivity index (χ4v) is 6.48. The number of methoxy groups -OCH3 is 1. The molecule has 0 bridgehead atoms. The highest BCUT2D eigenvalue weighted by atomic mass is 32.2. The summed E-state index contributed by atoms with van der Waals surface area (Å²) in [6, 6.07) is 14.4. The molecule has 4 aromatic rings. The fourth-order valence-electron chi connectivity index (χ4n) is 4.55. The van der Waals surface area contributed by atoms with Gasteiger partial charge in [-0.2, -0.15) is 13.2 Å². The maximum atomic E-state index is 13.5. The topological polar surface area (TPSA) is 93.3 Å². The summed E-state index contributed by atoms with van der Waals surface area (Å²) < 4.78 is 66.9. The molecule has 1 saturated heterocycles. The van der Waals surface area contributed by atoms with E-state index in [1.807, 2.05) is 38.1 Å². The number of ether oxygens (including phenoxy) is 1. The van der Waals surface area contributed by atoms with Crippen molar-refractivity contribution in [3.05, 3.63) is 60.5 Å². The second-order valence-electron chi connectivity index (χ2n) is 9.34. The summed E-state index contributed by atoms with van der Waals surface area (Å²) in [6.45, 7) is 3.05. The molecule has 3 heterocycles. The van der Waals surface area contributed by atoms with Gasteiger partial charge in [-0.3, -0.25) is 4.21 Å². The van der Waals surface area contributed by atoms with Crippen LogP contribution in [0.3, 0.4) is 0 Å². The SMILES string of the molecule is CC.COc1cc(SNc2ccon2)ccc1NCC#Cc1cc2c(NC3CCS(=O)CC3)cccc2n1CC(F)(F)F. The zero-order valence-corrected chi connectivity index (χ0v) is 25.7. The van der Waals surface area contributed by atoms with Crippen molar-refractivity contribution in [2.45, 2.75) is 50.3 Å². The molecule has 230 valence electrons. The van der Waals surface area contributed by atoms with Crippen LogP contribution in [0.1, 0.15) is 32.4 Å². The molecule has 0 unspecified atom stereocenters. The summed E-state index contributed by atoms with van der Waals surface area (Å²) in [4.78, 5) is 0.879. The van der Waals surface area contributed by atoms with Gasteiger partial charge in [-0.25, -0.2) is 0 Å². The molecule has 1 aliphatic heterocycles. The van der Waals surface area contributed by atoms with Gasteiger partial charge in [-0.15, -0.1) is 0 Å². The minimum atomic E-state index is -4.41. The van der Waals surface area contributed by atoms with Crippen LogP contribution in [0.4, 0.5) is 30.4 Å². The van der Waals surface area contributed by atoms with E-state index in [9.17, 15) is 17.4 Å². The monoisotopic (exact) mass is 633 g/mol. The van der Waals surface area contributed by atoms with Crippen LogP contribution >= 0.6 is 11.9 Å². The minimum Gasteiger partial charge on any atom is -0.495 e. The lowest BCUT2D eigenvalue weighted by atomic mass is 10.1. The molecule has 0 aliphatic carbocycles. The Morgan fingerprint density at radius 1 is 1.14 bits per heavy atom. The Kier molecular flexibility index (Phi) is 11.3. The smallest absolute Gasteiger partial charge is 0.406 e. The third-order valence-corrected chi connectivity index (χ3v) is 8.68. The lowest BCUT2D eigenvalue weighted by molar-refractivity contribution is -0.140. The molecule has 2 aromatic carbocycles. The van der Waals surface area contributed by atoms with Gasteiger partial charge < -0.3 is 29.2 Å². The normalized spacial score (nSPS) is 16.4. The Balaban J connectivity index is 0.00000207. The molecular weight excluding hydrogens is 599 g/mol. The number of alkyl halides is 3. The van der Waals surface area contributed by atoms with E-state index < -0.39 is 23.5 Å². The number of fused-ring (bicyclic) bond motifs is 1. The van der Waals surface area contributed by atoms with Crippen LogP contribution in [0, 0.1) is 11.8 Å². The molecule has 0 atom stereocenters. The predicted molar refractivity (Wildman–Crippen MR) is 168 cm³/mol. The van der Waals surface area contributed by atoms with Gasteiger partial charge in [0.05, 0.1) is 30.6 Å². The Morgan fingerprint density at radius 3 is 2.63 bits per heavy atom. The van der Waals surface area contributed by atoms with E-state index >= 15 is 0 Å². The number of benzene rings is 2. The summed E-state index contributed by atoms with van der Waals surface area (Å²) in [5.74, 6) is 8.31. The van der Waals surface area contributed by atoms with Crippen molar-refractivity contribution in [2.24, 2.45) is 0 Å². The van der Waals surface area contributed by atoms with E-state index in [0.717, 1.165) is 23.4 Å². The molecule has 2 aromatic heterocycles. The number of hydrogen-bond acceptors (Lipinski definition) is 8. The minimum absolute atomic E-state index is 0.126. The van der Waals surface area contributed by atoms with E-state index in [0.29, 0.717) is 39.7 Å². The first-order chi connectivity index (χ1) is 20.8. The first-order valence-electron chi connectivity index (χ1n) is 13.8. The first-order valence-corrected chi connectivity index (χ1v) is 16.1. The third kappa shape index (κ3) is 8.87. The lowest BCUT2D eigenvalue weighted by Crippen LogP contribution is -2.29. The predicted octanol–water partition coefficient (Wildman–Crippen LogP) is 7.13. The average Bonchev–Trinajstić information content (AvgIpc) is 3.65. The second-order valence-corrected chi connectivity index (χ2v) is 11.9. The quantitative estimate of drug-likeness (QED) is 0.132. The number of nitrogens with zero attached hydrogens (tertiary/aromatic N) is 2. The summed E-state index contributed by atoms with van der Waals surface area (Å²) in [6.07, 6.45) is -1.43. The average molecular weight is 634 g/mol. The van der Waals surface area contributed by atoms with Crippen LogP contribution in [-0.2, 0) is 17.3 Å². The van der Waals surface area contributed by atoms with Crippen LogP contribution in [0.5, 0.6) is 5.75 Å². The molecular formula is C30H34F3N5O3S2. The highest BCUT2D eigenvalue weighted by Gasteiger charge is 2.30. The molecule has 8 nitrogen and oxygen atoms in total. The van der Waals surface area contributed by atoms with Crippen molar-refractivity contribution in [1.29, 1.82) is 0 Å². The molecule has 0 amide bonds. The lowest BCUT2D eigenvalue weighted by Gasteiger charge is -2.24. The molecule has 0 radical (unpaired) electrons. The van der Waals surface area contributed by atoms with E-state index in [1.165, 1.54) is 22.8 Å². The number of halogens is 3. The summed E-state index contributed by atoms with van der Waals surface area (Å²) >= 11 is 1.34. The van der Waals surface area contributed by atoms with Gasteiger partial charge in [0.15, 0.2) is 5.82 Å². The van der Waals surface area contributed by atoms with Gasteiger partial charge >= 0.3 is 6.18 Å². The van der Waals surface area contributed by atoms with Gasteiger partial charge in [-0.05, 0) is 67.1 Å². The highest BCUT2D eigenvalue weighted by molar-refractivity contribution is 8.00. The fraction of sp³-hybridized carbons (Fsp3) is 0.367. The van der Waals surface area contributed by atoms with Crippen LogP contribution in [-0.4, -0.2) is 51.3 Å². The molecule has 1 fully saturated rings. The molecule has 0 spiro atoms. The molecule has 3 N–H and O–H groups in total. The first kappa shape index (κ1) is 32.2. The highest BCUT2D eigenvalue weighted by Crippen LogP contribution is 2.32. The van der Waals surface area contributed by atoms with Crippen molar-refractivity contribution in [1.82, 2.24) is 9.72 Å². The van der Waals surface area contributed by atoms with Crippen molar-refractivity contribution in [3.63, 3.8) is 0 Å². The van der Waals surface area contributed by atoms with Crippen molar-refractivity contribution in [2.75, 3.05) is 40.5 Å². The number of anilines is 3. The van der Waals surface area contributed by atoms with Crippen molar-refractivity contribution in [3.8, 4) is 17.6 Å². The molecule has 13 heteroatoms. The van der Waals surface area contributed by atoms with E-state index in [-0.39, 0.29) is 18.3 Å². The molecule has 0 saturated carbocycles. The second kappa shape index (κ2) is 15.1. The zero-order valence-electron chi connectivity index (χ0n) is 24.1. The van der Waals surface area contributed by atoms with Gasteiger partial charge in [0.25, 0.3) is 0 Å². The maximum absolute atomic E-state index is 13.5. The largest absolute Gasteiger partial charge is 0.495 e. The molecule has 43 heavy (non-hydrogen) atoms. The van der Waals surface area contributed by atoms with Gasteiger partial charge in [0, 0.05) is 50.4 Å². The number of aromatic nitrogens is 2. The van der Waals surface area contributed by atoms with Crippen molar-refractivity contribution >= 4 is 50.8 Å². The van der Waals surface area contributed by atoms with Crippen LogP contribution in [0.2, 0.25) is 0 Å². The Labute approximate surface area is 255 Å². The number of hydrogen-bond donors (Lipinski definition) is 3. The molecule has 1 aliphatic rings. The number of rotatable bonds is 9. The third-order valence-electron chi connectivity index (χ3n) is 6.50. The Morgan fingerprint density at radius 2 is 1.93 bits per heavy atom. The van der Waals surface area contributed by atoms with E-state index in [1.54, 1.807) is 31.4 Å². The summed E-state index contributed by atoms with van der Waals surface area (Å²) in [7, 11) is 0.758. The van der Waals surface area contributed by atoms with Crippen LogP contribution in [0.15, 0.2) is 64.2 Å². The Hall–Kier alpha value is -3.76. The van der Waals surface area contributed by atoms with Crippen LogP contribution in [0.25, 0.3) is 10.9 Å². The maximum Gasteiger partial charge on any atom is 0.406 e. The molecule has 5 rings (SSSR count). The summed E-state index contributed by atoms with van der Waals surface area (Å²) in [5, 5.41) is 11.1. The van der Waals surface area contributed by atoms with Gasteiger partial charge in [0.1, 0.15) is 18.6 Å². The Bertz CT molecular complexity index is 1570. The van der Waals surface area contributed by atoms with Crippen LogP contribution < -0.4 is 20.1 Å². The van der Waals surface area contributed by atoms with E-state index in [2.05, 4.69) is 32.4 Å². The number of nitrogens with one attached hydrogen (secondary N) is 3. The van der Waals surface area contributed by atoms with E-state index in [4.69, 9.17) is 9.26 Å². The van der Waals surface area contributed by atoms with Gasteiger partial charge in [0.2, 0.25) is 0 Å². The summed E-state index contributed by atoms with van der Waals surface area (Å²) in [5.41, 5.74) is 2.18. The van der Waals surface area contributed by atoms with Gasteiger partial charge in [-0.1, -0.05) is 31.0 Å².